The predicted molar refractivity (Wildman–Crippen MR) is 74.2 cm³/mol. The standard InChI is InChI=1S/C13H10N2O7/c14-10-8(12(19)20)7(9(13(21)22)11(18)15-10)4-1-5(16)3-6(17)2-4/h1-3,16-17H,(H,19,20)(H,21,22)(H3,14,15,18). The van der Waals surface area contributed by atoms with E-state index in [-0.39, 0.29) is 5.56 Å². The van der Waals surface area contributed by atoms with Crippen LogP contribution in [0, 0.1) is 0 Å². The van der Waals surface area contributed by atoms with Crippen LogP contribution in [-0.2, 0) is 0 Å². The molecule has 0 saturated heterocycles. The number of aromatic nitrogens is 1. The fraction of sp³-hybridized carbons (Fsp3) is 0. The number of carbonyl (C=O) groups is 2. The van der Waals surface area contributed by atoms with E-state index in [0.29, 0.717) is 0 Å². The molecule has 7 N–H and O–H groups in total. The van der Waals surface area contributed by atoms with Crippen molar-refractivity contribution in [2.75, 3.05) is 5.73 Å². The molecule has 1 aromatic heterocycles. The fourth-order valence-corrected chi connectivity index (χ4v) is 2.07. The Balaban J connectivity index is 3.02. The number of hydrogen-bond acceptors (Lipinski definition) is 6. The first kappa shape index (κ1) is 14.9. The van der Waals surface area contributed by atoms with Crippen LogP contribution in [0.3, 0.4) is 0 Å². The topological polar surface area (TPSA) is 174 Å². The molecule has 1 heterocycles. The number of hydrogen-bond donors (Lipinski definition) is 6. The zero-order chi connectivity index (χ0) is 16.6. The van der Waals surface area contributed by atoms with Gasteiger partial charge in [0.05, 0.1) is 0 Å². The highest BCUT2D eigenvalue weighted by molar-refractivity contribution is 6.07. The lowest BCUT2D eigenvalue weighted by molar-refractivity contribution is 0.0695. The average molecular weight is 306 g/mol. The van der Waals surface area contributed by atoms with Crippen LogP contribution in [0.15, 0.2) is 23.0 Å². The van der Waals surface area contributed by atoms with Gasteiger partial charge in [-0.2, -0.15) is 0 Å². The number of pyridine rings is 1. The van der Waals surface area contributed by atoms with Gasteiger partial charge < -0.3 is 31.1 Å². The van der Waals surface area contributed by atoms with Crippen LogP contribution in [0.1, 0.15) is 20.7 Å². The Morgan fingerprint density at radius 1 is 0.955 bits per heavy atom. The van der Waals surface area contributed by atoms with Crippen molar-refractivity contribution >= 4 is 17.8 Å². The number of carboxylic acids is 2. The van der Waals surface area contributed by atoms with Gasteiger partial charge in [-0.25, -0.2) is 9.59 Å². The Labute approximate surface area is 121 Å². The van der Waals surface area contributed by atoms with Crippen LogP contribution in [-0.4, -0.2) is 37.3 Å². The number of H-pyrrole nitrogens is 1. The summed E-state index contributed by atoms with van der Waals surface area (Å²) in [6.45, 7) is 0. The van der Waals surface area contributed by atoms with Crippen LogP contribution in [0.25, 0.3) is 11.1 Å². The van der Waals surface area contributed by atoms with E-state index >= 15 is 0 Å². The summed E-state index contributed by atoms with van der Waals surface area (Å²) in [4.78, 5) is 36.4. The highest BCUT2D eigenvalue weighted by Crippen LogP contribution is 2.33. The van der Waals surface area contributed by atoms with E-state index in [0.717, 1.165) is 18.2 Å². The van der Waals surface area contributed by atoms with E-state index in [1.165, 1.54) is 0 Å². The van der Waals surface area contributed by atoms with Crippen LogP contribution in [0.5, 0.6) is 11.5 Å². The summed E-state index contributed by atoms with van der Waals surface area (Å²) in [6.07, 6.45) is 0. The average Bonchev–Trinajstić information content (AvgIpc) is 2.35. The van der Waals surface area contributed by atoms with E-state index < -0.39 is 51.5 Å². The van der Waals surface area contributed by atoms with Crippen LogP contribution in [0.4, 0.5) is 5.82 Å². The Hall–Kier alpha value is -3.49. The molecule has 1 aromatic carbocycles. The molecule has 0 bridgehead atoms. The summed E-state index contributed by atoms with van der Waals surface area (Å²) < 4.78 is 0. The number of phenolic OH excluding ortho intramolecular Hbond substituents is 2. The number of aromatic carboxylic acids is 2. The molecular weight excluding hydrogens is 296 g/mol. The van der Waals surface area contributed by atoms with E-state index in [1.54, 1.807) is 0 Å². The fourth-order valence-electron chi connectivity index (χ4n) is 2.07. The number of aromatic hydroxyl groups is 2. The monoisotopic (exact) mass is 306 g/mol. The summed E-state index contributed by atoms with van der Waals surface area (Å²) in [7, 11) is 0. The van der Waals surface area contributed by atoms with Gasteiger partial charge in [0, 0.05) is 11.6 Å². The molecule has 9 heteroatoms. The molecule has 114 valence electrons. The van der Waals surface area contributed by atoms with Crippen molar-refractivity contribution in [1.82, 2.24) is 4.98 Å². The molecule has 0 aliphatic carbocycles. The van der Waals surface area contributed by atoms with Gasteiger partial charge >= 0.3 is 11.9 Å². The van der Waals surface area contributed by atoms with E-state index in [1.807, 2.05) is 4.98 Å². The maximum atomic E-state index is 11.8. The zero-order valence-electron chi connectivity index (χ0n) is 10.8. The summed E-state index contributed by atoms with van der Waals surface area (Å²) >= 11 is 0. The quantitative estimate of drug-likeness (QED) is 0.473. The van der Waals surface area contributed by atoms with Crippen molar-refractivity contribution in [3.8, 4) is 22.6 Å². The van der Waals surface area contributed by atoms with E-state index in [4.69, 9.17) is 10.8 Å². The SMILES string of the molecule is Nc1[nH]c(=O)c(C(=O)O)c(-c2cc(O)cc(O)c2)c1C(=O)O. The highest BCUT2D eigenvalue weighted by atomic mass is 16.4. The molecule has 0 amide bonds. The minimum atomic E-state index is -1.68. The number of benzene rings is 1. The van der Waals surface area contributed by atoms with Gasteiger partial charge in [-0.05, 0) is 17.7 Å². The maximum absolute atomic E-state index is 11.8. The lowest BCUT2D eigenvalue weighted by Crippen LogP contribution is -2.24. The summed E-state index contributed by atoms with van der Waals surface area (Å²) in [5.41, 5.74) is 2.15. The molecule has 0 unspecified atom stereocenters. The molecule has 2 rings (SSSR count). The van der Waals surface area contributed by atoms with Crippen molar-refractivity contribution in [3.63, 3.8) is 0 Å². The molecule has 2 aromatic rings. The van der Waals surface area contributed by atoms with Crippen molar-refractivity contribution in [3.05, 3.63) is 39.7 Å². The molecule has 0 radical (unpaired) electrons. The van der Waals surface area contributed by atoms with Gasteiger partial charge in [0.2, 0.25) is 0 Å². The highest BCUT2D eigenvalue weighted by Gasteiger charge is 2.26. The first-order valence-corrected chi connectivity index (χ1v) is 5.78. The third kappa shape index (κ3) is 2.42. The van der Waals surface area contributed by atoms with Gasteiger partial charge in [-0.15, -0.1) is 0 Å². The Morgan fingerprint density at radius 2 is 1.45 bits per heavy atom. The number of aromatic amines is 1. The smallest absolute Gasteiger partial charge is 0.342 e. The van der Waals surface area contributed by atoms with Crippen molar-refractivity contribution in [2.45, 2.75) is 0 Å². The van der Waals surface area contributed by atoms with E-state index in [9.17, 15) is 29.7 Å². The number of carboxylic acid groups (broad SMARTS) is 2. The summed E-state index contributed by atoms with van der Waals surface area (Å²) in [6, 6.07) is 2.97. The van der Waals surface area contributed by atoms with Crippen LogP contribution >= 0.6 is 0 Å². The molecule has 0 fully saturated rings. The molecule has 0 aliphatic heterocycles. The normalized spacial score (nSPS) is 10.4. The van der Waals surface area contributed by atoms with Crippen LogP contribution in [0.2, 0.25) is 0 Å². The van der Waals surface area contributed by atoms with Gasteiger partial charge in [-0.3, -0.25) is 4.79 Å². The third-order valence-corrected chi connectivity index (χ3v) is 2.86. The Kier molecular flexibility index (Phi) is 3.47. The first-order valence-electron chi connectivity index (χ1n) is 5.78. The number of anilines is 1. The molecular formula is C13H10N2O7. The Bertz CT molecular complexity index is 834. The molecule has 0 atom stereocenters. The van der Waals surface area contributed by atoms with Gasteiger partial charge in [0.1, 0.15) is 28.4 Å². The minimum Gasteiger partial charge on any atom is -0.508 e. The summed E-state index contributed by atoms with van der Waals surface area (Å²) in [5.74, 6) is -4.68. The first-order chi connectivity index (χ1) is 10.2. The zero-order valence-corrected chi connectivity index (χ0v) is 10.8. The second-order valence-electron chi connectivity index (χ2n) is 4.34. The Morgan fingerprint density at radius 3 is 1.91 bits per heavy atom. The number of phenols is 2. The second kappa shape index (κ2) is 5.13. The molecule has 9 nitrogen and oxygen atoms in total. The number of nitrogen functional groups attached to an aromatic ring is 1. The third-order valence-electron chi connectivity index (χ3n) is 2.86. The predicted octanol–water partition coefficient (Wildman–Crippen LogP) is 0.432. The number of nitrogens with two attached hydrogens (primary N) is 1. The van der Waals surface area contributed by atoms with Gasteiger partial charge in [-0.1, -0.05) is 0 Å². The van der Waals surface area contributed by atoms with Gasteiger partial charge in [0.15, 0.2) is 0 Å². The van der Waals surface area contributed by atoms with E-state index in [2.05, 4.69) is 0 Å². The largest absolute Gasteiger partial charge is 0.508 e. The second-order valence-corrected chi connectivity index (χ2v) is 4.34. The lowest BCUT2D eigenvalue weighted by Gasteiger charge is -2.12. The molecule has 0 aliphatic rings. The maximum Gasteiger partial charge on any atom is 0.342 e. The number of nitrogens with one attached hydrogen (secondary N) is 1. The van der Waals surface area contributed by atoms with Crippen molar-refractivity contribution in [2.24, 2.45) is 0 Å². The van der Waals surface area contributed by atoms with Crippen molar-refractivity contribution < 1.29 is 30.0 Å². The van der Waals surface area contributed by atoms with Crippen LogP contribution < -0.4 is 11.3 Å². The van der Waals surface area contributed by atoms with Crippen molar-refractivity contribution in [1.29, 1.82) is 0 Å². The van der Waals surface area contributed by atoms with Gasteiger partial charge in [0.25, 0.3) is 5.56 Å². The lowest BCUT2D eigenvalue weighted by atomic mass is 9.95. The molecule has 22 heavy (non-hydrogen) atoms. The molecule has 0 saturated carbocycles. The molecule has 0 spiro atoms. The summed E-state index contributed by atoms with van der Waals surface area (Å²) in [5, 5.41) is 37.3. The number of rotatable bonds is 3. The minimum absolute atomic E-state index is 0.176.